The Bertz CT molecular complexity index is 169. The van der Waals surface area contributed by atoms with Gasteiger partial charge < -0.3 is 0 Å². The van der Waals surface area contributed by atoms with E-state index in [0.29, 0.717) is 0 Å². The van der Waals surface area contributed by atoms with Crippen molar-refractivity contribution < 1.29 is 9.63 Å². The monoisotopic (exact) mass is 157 g/mol. The number of hydrogen-bond acceptors (Lipinski definition) is 3. The first-order chi connectivity index (χ1) is 5.04. The second-order valence-corrected chi connectivity index (χ2v) is 3.23. The quantitative estimate of drug-likeness (QED) is 0.565. The number of rotatable bonds is 1. The predicted molar refractivity (Wildman–Crippen MR) is 41.9 cm³/mol. The van der Waals surface area contributed by atoms with E-state index in [0.717, 1.165) is 0 Å². The summed E-state index contributed by atoms with van der Waals surface area (Å²) in [6.45, 7) is 5.57. The largest absolute Gasteiger partial charge is 0.300 e. The van der Waals surface area contributed by atoms with E-state index in [1.165, 1.54) is 0 Å². The average Bonchev–Trinajstić information content (AvgIpc) is 2.07. The van der Waals surface area contributed by atoms with Crippen LogP contribution in [0.25, 0.3) is 0 Å². The molecule has 3 nitrogen and oxygen atoms in total. The third kappa shape index (κ3) is 1.44. The van der Waals surface area contributed by atoms with Crippen molar-refractivity contribution in [1.82, 2.24) is 5.06 Å². The zero-order valence-electron chi connectivity index (χ0n) is 7.50. The van der Waals surface area contributed by atoms with Crippen molar-refractivity contribution in [3.63, 3.8) is 0 Å². The van der Waals surface area contributed by atoms with Gasteiger partial charge in [0.2, 0.25) is 0 Å². The van der Waals surface area contributed by atoms with Gasteiger partial charge in [-0.1, -0.05) is 0 Å². The van der Waals surface area contributed by atoms with Gasteiger partial charge in [0.15, 0.2) is 0 Å². The van der Waals surface area contributed by atoms with Gasteiger partial charge in [0, 0.05) is 13.1 Å². The molecular formula is C8H15NO2. The molecule has 0 amide bonds. The summed E-state index contributed by atoms with van der Waals surface area (Å²) in [5.41, 5.74) is 0. The van der Waals surface area contributed by atoms with Crippen LogP contribution in [0.3, 0.4) is 0 Å². The molecule has 11 heavy (non-hydrogen) atoms. The van der Waals surface area contributed by atoms with Gasteiger partial charge in [-0.3, -0.25) is 9.63 Å². The van der Waals surface area contributed by atoms with Crippen molar-refractivity contribution in [1.29, 1.82) is 0 Å². The first-order valence-corrected chi connectivity index (χ1v) is 3.94. The van der Waals surface area contributed by atoms with E-state index in [9.17, 15) is 4.79 Å². The summed E-state index contributed by atoms with van der Waals surface area (Å²) in [5.74, 6) is 0.259. The molecule has 0 saturated carbocycles. The highest BCUT2D eigenvalue weighted by Gasteiger charge is 2.38. The number of ketones is 1. The molecule has 0 N–H and O–H groups in total. The summed E-state index contributed by atoms with van der Waals surface area (Å²) in [6, 6.07) is 0.211. The molecule has 0 bridgehead atoms. The summed E-state index contributed by atoms with van der Waals surface area (Å²) < 4.78 is 0. The zero-order chi connectivity index (χ0) is 8.59. The van der Waals surface area contributed by atoms with Gasteiger partial charge in [0.25, 0.3) is 0 Å². The molecule has 3 unspecified atom stereocenters. The lowest BCUT2D eigenvalue weighted by Gasteiger charge is -2.14. The molecule has 0 radical (unpaired) electrons. The summed E-state index contributed by atoms with van der Waals surface area (Å²) in [4.78, 5) is 16.5. The minimum Gasteiger partial charge on any atom is -0.300 e. The van der Waals surface area contributed by atoms with Crippen molar-refractivity contribution in [3.8, 4) is 0 Å². The second kappa shape index (κ2) is 2.91. The maximum absolute atomic E-state index is 11.1. The van der Waals surface area contributed by atoms with E-state index < -0.39 is 0 Å². The van der Waals surface area contributed by atoms with Gasteiger partial charge in [-0.15, -0.1) is 0 Å². The molecule has 1 heterocycles. The SMILES string of the molecule is CC(=O)C1C(C)ON(C)C1C. The van der Waals surface area contributed by atoms with Crippen LogP contribution in [0.15, 0.2) is 0 Å². The molecule has 1 saturated heterocycles. The smallest absolute Gasteiger partial charge is 0.137 e. The Hall–Kier alpha value is -0.410. The van der Waals surface area contributed by atoms with E-state index in [2.05, 4.69) is 0 Å². The van der Waals surface area contributed by atoms with Crippen LogP contribution in [-0.4, -0.2) is 30.0 Å². The molecule has 3 atom stereocenters. The average molecular weight is 157 g/mol. The summed E-state index contributed by atoms with van der Waals surface area (Å²) in [5, 5.41) is 1.76. The minimum atomic E-state index is 0.0347. The molecule has 1 rings (SSSR count). The summed E-state index contributed by atoms with van der Waals surface area (Å²) in [6.07, 6.45) is 0.0347. The highest BCUT2D eigenvalue weighted by molar-refractivity contribution is 5.79. The third-order valence-electron chi connectivity index (χ3n) is 2.40. The molecule has 0 aromatic rings. The van der Waals surface area contributed by atoms with E-state index in [1.54, 1.807) is 12.0 Å². The topological polar surface area (TPSA) is 29.5 Å². The lowest BCUT2D eigenvalue weighted by Crippen LogP contribution is -2.30. The minimum absolute atomic E-state index is 0.0347. The number of carbonyl (C=O) groups excluding carboxylic acids is 1. The van der Waals surface area contributed by atoms with Crippen LogP contribution in [0.2, 0.25) is 0 Å². The van der Waals surface area contributed by atoms with Gasteiger partial charge >= 0.3 is 0 Å². The Labute approximate surface area is 67.3 Å². The van der Waals surface area contributed by atoms with Crippen molar-refractivity contribution in [3.05, 3.63) is 0 Å². The van der Waals surface area contributed by atoms with Crippen molar-refractivity contribution >= 4 is 5.78 Å². The van der Waals surface area contributed by atoms with Gasteiger partial charge in [-0.25, -0.2) is 0 Å². The van der Waals surface area contributed by atoms with Crippen molar-refractivity contribution in [2.45, 2.75) is 32.9 Å². The third-order valence-corrected chi connectivity index (χ3v) is 2.40. The molecule has 64 valence electrons. The fraction of sp³-hybridized carbons (Fsp3) is 0.875. The van der Waals surface area contributed by atoms with Gasteiger partial charge in [-0.05, 0) is 20.8 Å². The highest BCUT2D eigenvalue weighted by Crippen LogP contribution is 2.26. The molecule has 1 aliphatic rings. The van der Waals surface area contributed by atoms with Crippen LogP contribution in [0.1, 0.15) is 20.8 Å². The van der Waals surface area contributed by atoms with Crippen LogP contribution in [0.4, 0.5) is 0 Å². The Morgan fingerprint density at radius 1 is 1.45 bits per heavy atom. The number of carbonyl (C=O) groups is 1. The molecule has 0 aromatic carbocycles. The first kappa shape index (κ1) is 8.68. The summed E-state index contributed by atoms with van der Waals surface area (Å²) >= 11 is 0. The normalized spacial score (nSPS) is 39.5. The van der Waals surface area contributed by atoms with Crippen LogP contribution in [0.5, 0.6) is 0 Å². The molecule has 0 aromatic heterocycles. The lowest BCUT2D eigenvalue weighted by atomic mass is 9.93. The van der Waals surface area contributed by atoms with Crippen LogP contribution in [0, 0.1) is 5.92 Å². The number of nitrogens with zero attached hydrogens (tertiary/aromatic N) is 1. The van der Waals surface area contributed by atoms with E-state index in [4.69, 9.17) is 4.84 Å². The van der Waals surface area contributed by atoms with Gasteiger partial charge in [0.1, 0.15) is 5.78 Å². The van der Waals surface area contributed by atoms with E-state index in [-0.39, 0.29) is 23.8 Å². The van der Waals surface area contributed by atoms with E-state index >= 15 is 0 Å². The Balaban J connectivity index is 2.71. The zero-order valence-corrected chi connectivity index (χ0v) is 7.50. The summed E-state index contributed by atoms with van der Waals surface area (Å²) in [7, 11) is 1.87. The van der Waals surface area contributed by atoms with Gasteiger partial charge in [-0.2, -0.15) is 5.06 Å². The first-order valence-electron chi connectivity index (χ1n) is 3.94. The van der Waals surface area contributed by atoms with Crippen LogP contribution < -0.4 is 0 Å². The molecule has 3 heteroatoms. The van der Waals surface area contributed by atoms with Gasteiger partial charge in [0.05, 0.1) is 12.0 Å². The molecule has 0 aliphatic carbocycles. The standard InChI is InChI=1S/C8H15NO2/c1-5-8(6(2)10)7(3)11-9(5)4/h5,7-8H,1-4H3. The lowest BCUT2D eigenvalue weighted by molar-refractivity contribution is -0.137. The van der Waals surface area contributed by atoms with Crippen molar-refractivity contribution in [2.75, 3.05) is 7.05 Å². The fourth-order valence-corrected chi connectivity index (χ4v) is 1.71. The maximum atomic E-state index is 11.1. The predicted octanol–water partition coefficient (Wildman–Crippen LogP) is 0.846. The number of Topliss-reactive ketones (excluding diaryl/α,β-unsaturated/α-hetero) is 1. The van der Waals surface area contributed by atoms with E-state index in [1.807, 2.05) is 20.9 Å². The van der Waals surface area contributed by atoms with Crippen molar-refractivity contribution in [2.24, 2.45) is 5.92 Å². The van der Waals surface area contributed by atoms with Crippen LogP contribution in [-0.2, 0) is 9.63 Å². The molecular weight excluding hydrogens is 142 g/mol. The van der Waals surface area contributed by atoms with Crippen LogP contribution >= 0.6 is 0 Å². The number of hydrogen-bond donors (Lipinski definition) is 0. The Morgan fingerprint density at radius 3 is 2.18 bits per heavy atom. The Morgan fingerprint density at radius 2 is 2.00 bits per heavy atom. The molecule has 1 fully saturated rings. The Kier molecular flexibility index (Phi) is 2.30. The maximum Gasteiger partial charge on any atom is 0.137 e. The second-order valence-electron chi connectivity index (χ2n) is 3.23. The molecule has 0 spiro atoms. The molecule has 1 aliphatic heterocycles. The number of hydroxylamine groups is 2. The fourth-order valence-electron chi connectivity index (χ4n) is 1.71. The highest BCUT2D eigenvalue weighted by atomic mass is 16.7.